The molecule has 0 fully saturated rings. The summed E-state index contributed by atoms with van der Waals surface area (Å²) in [6, 6.07) is -0.0826. The number of ether oxygens (including phenoxy) is 1. The Morgan fingerprint density at radius 2 is 2.47 bits per heavy atom. The lowest BCUT2D eigenvalue weighted by molar-refractivity contribution is -0.140. The summed E-state index contributed by atoms with van der Waals surface area (Å²) >= 11 is 0. The fourth-order valence-electron chi connectivity index (χ4n) is 1.26. The monoisotopic (exact) mass is 212 g/mol. The van der Waals surface area contributed by atoms with Gasteiger partial charge in [-0.1, -0.05) is 5.21 Å². The van der Waals surface area contributed by atoms with Gasteiger partial charge >= 0.3 is 5.97 Å². The van der Waals surface area contributed by atoms with Gasteiger partial charge in [0.1, 0.15) is 0 Å². The van der Waals surface area contributed by atoms with Gasteiger partial charge in [-0.25, -0.2) is 0 Å². The molecule has 1 aromatic heterocycles. The minimum Gasteiger partial charge on any atom is -0.469 e. The molecule has 0 saturated carbocycles. The van der Waals surface area contributed by atoms with Gasteiger partial charge in [0.2, 0.25) is 0 Å². The summed E-state index contributed by atoms with van der Waals surface area (Å²) in [7, 11) is 3.17. The average Bonchev–Trinajstić information content (AvgIpc) is 2.60. The lowest BCUT2D eigenvalue weighted by atomic mass is 10.1. The average molecular weight is 212 g/mol. The van der Waals surface area contributed by atoms with Crippen molar-refractivity contribution in [3.05, 3.63) is 11.9 Å². The van der Waals surface area contributed by atoms with Crippen LogP contribution >= 0.6 is 0 Å². The van der Waals surface area contributed by atoms with E-state index in [2.05, 4.69) is 15.0 Å². The van der Waals surface area contributed by atoms with E-state index in [1.807, 2.05) is 6.20 Å². The Bertz CT molecular complexity index is 324. The van der Waals surface area contributed by atoms with E-state index in [9.17, 15) is 4.79 Å². The summed E-state index contributed by atoms with van der Waals surface area (Å²) in [5.74, 6) is -0.232. The Hall–Kier alpha value is -1.43. The van der Waals surface area contributed by atoms with Gasteiger partial charge < -0.3 is 10.5 Å². The van der Waals surface area contributed by atoms with Crippen molar-refractivity contribution in [2.45, 2.75) is 25.3 Å². The molecule has 0 saturated heterocycles. The summed E-state index contributed by atoms with van der Waals surface area (Å²) in [4.78, 5) is 10.9. The Kier molecular flexibility index (Phi) is 4.23. The summed E-state index contributed by atoms with van der Waals surface area (Å²) in [6.07, 6.45) is 3.39. The predicted octanol–water partition coefficient (Wildman–Crippen LogP) is -0.362. The minimum atomic E-state index is -0.232. The standard InChI is InChI=1S/C9H16N4O2/c1-13-6-8(11-12-13)5-7(10)3-4-9(14)15-2/h6-7H,3-5,10H2,1-2H3. The third kappa shape index (κ3) is 4.07. The first-order valence-electron chi connectivity index (χ1n) is 4.79. The summed E-state index contributed by atoms with van der Waals surface area (Å²) in [6.45, 7) is 0. The Morgan fingerprint density at radius 1 is 1.73 bits per heavy atom. The van der Waals surface area contributed by atoms with E-state index in [-0.39, 0.29) is 12.0 Å². The maximum absolute atomic E-state index is 10.9. The molecule has 1 rings (SSSR count). The van der Waals surface area contributed by atoms with Crippen molar-refractivity contribution in [3.63, 3.8) is 0 Å². The molecule has 1 heterocycles. The fourth-order valence-corrected chi connectivity index (χ4v) is 1.26. The van der Waals surface area contributed by atoms with E-state index in [0.29, 0.717) is 19.3 Å². The number of aryl methyl sites for hydroxylation is 1. The third-order valence-corrected chi connectivity index (χ3v) is 2.07. The number of hydrogen-bond acceptors (Lipinski definition) is 5. The van der Waals surface area contributed by atoms with Crippen molar-refractivity contribution in [1.29, 1.82) is 0 Å². The van der Waals surface area contributed by atoms with E-state index < -0.39 is 0 Å². The number of methoxy groups -OCH3 is 1. The van der Waals surface area contributed by atoms with Crippen LogP contribution in [0.5, 0.6) is 0 Å². The van der Waals surface area contributed by atoms with Crippen molar-refractivity contribution in [2.24, 2.45) is 12.8 Å². The highest BCUT2D eigenvalue weighted by Gasteiger charge is 2.09. The number of esters is 1. The number of nitrogens with zero attached hydrogens (tertiary/aromatic N) is 3. The Morgan fingerprint density at radius 3 is 3.00 bits per heavy atom. The first-order valence-corrected chi connectivity index (χ1v) is 4.79. The van der Waals surface area contributed by atoms with E-state index in [1.54, 1.807) is 11.7 Å². The van der Waals surface area contributed by atoms with Gasteiger partial charge in [-0.05, 0) is 6.42 Å². The molecular formula is C9H16N4O2. The van der Waals surface area contributed by atoms with Crippen molar-refractivity contribution in [2.75, 3.05) is 7.11 Å². The quantitative estimate of drug-likeness (QED) is 0.674. The SMILES string of the molecule is COC(=O)CCC(N)Cc1cn(C)nn1. The normalized spacial score (nSPS) is 12.5. The topological polar surface area (TPSA) is 83.0 Å². The second-order valence-electron chi connectivity index (χ2n) is 3.46. The van der Waals surface area contributed by atoms with E-state index in [0.717, 1.165) is 5.69 Å². The van der Waals surface area contributed by atoms with Gasteiger partial charge in [0.15, 0.2) is 0 Å². The van der Waals surface area contributed by atoms with Crippen molar-refractivity contribution in [1.82, 2.24) is 15.0 Å². The van der Waals surface area contributed by atoms with E-state index >= 15 is 0 Å². The van der Waals surface area contributed by atoms with Crippen LogP contribution in [0.15, 0.2) is 6.20 Å². The molecule has 0 aliphatic heterocycles. The van der Waals surface area contributed by atoms with Crippen LogP contribution in [0.3, 0.4) is 0 Å². The third-order valence-electron chi connectivity index (χ3n) is 2.07. The molecule has 0 amide bonds. The van der Waals surface area contributed by atoms with Gasteiger partial charge in [-0.2, -0.15) is 0 Å². The zero-order valence-electron chi connectivity index (χ0n) is 9.01. The van der Waals surface area contributed by atoms with Crippen LogP contribution in [-0.2, 0) is 23.0 Å². The van der Waals surface area contributed by atoms with Crippen molar-refractivity contribution < 1.29 is 9.53 Å². The molecule has 1 unspecified atom stereocenters. The van der Waals surface area contributed by atoms with Crippen LogP contribution in [0.4, 0.5) is 0 Å². The number of carbonyl (C=O) groups excluding carboxylic acids is 1. The number of rotatable bonds is 5. The molecule has 0 aromatic carbocycles. The molecule has 1 atom stereocenters. The van der Waals surface area contributed by atoms with Crippen LogP contribution in [-0.4, -0.2) is 34.1 Å². The molecule has 6 nitrogen and oxygen atoms in total. The maximum atomic E-state index is 10.9. The molecule has 0 aliphatic carbocycles. The Balaban J connectivity index is 2.30. The smallest absolute Gasteiger partial charge is 0.305 e. The molecule has 1 aromatic rings. The summed E-state index contributed by atoms with van der Waals surface area (Å²) < 4.78 is 6.16. The number of hydrogen-bond donors (Lipinski definition) is 1. The molecule has 84 valence electrons. The van der Waals surface area contributed by atoms with Crippen LogP contribution in [0.2, 0.25) is 0 Å². The minimum absolute atomic E-state index is 0.0826. The van der Waals surface area contributed by atoms with Crippen LogP contribution in [0.25, 0.3) is 0 Å². The zero-order valence-corrected chi connectivity index (χ0v) is 9.01. The van der Waals surface area contributed by atoms with Gasteiger partial charge in [0.25, 0.3) is 0 Å². The van der Waals surface area contributed by atoms with Gasteiger partial charge in [0, 0.05) is 32.1 Å². The molecular weight excluding hydrogens is 196 g/mol. The van der Waals surface area contributed by atoms with Crippen LogP contribution < -0.4 is 5.73 Å². The molecule has 0 bridgehead atoms. The lowest BCUT2D eigenvalue weighted by Gasteiger charge is -2.07. The fraction of sp³-hybridized carbons (Fsp3) is 0.667. The molecule has 6 heteroatoms. The second-order valence-corrected chi connectivity index (χ2v) is 3.46. The summed E-state index contributed by atoms with van der Waals surface area (Å²) in [5.41, 5.74) is 6.68. The number of carbonyl (C=O) groups is 1. The second kappa shape index (κ2) is 5.45. The first-order chi connectivity index (χ1) is 7.11. The van der Waals surface area contributed by atoms with E-state index in [4.69, 9.17) is 5.73 Å². The molecule has 2 N–H and O–H groups in total. The van der Waals surface area contributed by atoms with Crippen LogP contribution in [0, 0.1) is 0 Å². The van der Waals surface area contributed by atoms with Crippen LogP contribution in [0.1, 0.15) is 18.5 Å². The summed E-state index contributed by atoms with van der Waals surface area (Å²) in [5, 5.41) is 7.72. The highest BCUT2D eigenvalue weighted by molar-refractivity contribution is 5.69. The largest absolute Gasteiger partial charge is 0.469 e. The highest BCUT2D eigenvalue weighted by atomic mass is 16.5. The van der Waals surface area contributed by atoms with Crippen molar-refractivity contribution in [3.8, 4) is 0 Å². The molecule has 15 heavy (non-hydrogen) atoms. The molecule has 0 aliphatic rings. The molecule has 0 spiro atoms. The molecule has 0 radical (unpaired) electrons. The van der Waals surface area contributed by atoms with Gasteiger partial charge in [-0.15, -0.1) is 5.10 Å². The van der Waals surface area contributed by atoms with Crippen molar-refractivity contribution >= 4 is 5.97 Å². The van der Waals surface area contributed by atoms with Gasteiger partial charge in [0.05, 0.1) is 12.8 Å². The highest BCUT2D eigenvalue weighted by Crippen LogP contribution is 2.03. The first kappa shape index (κ1) is 11.6. The zero-order chi connectivity index (χ0) is 11.3. The lowest BCUT2D eigenvalue weighted by Crippen LogP contribution is -2.24. The van der Waals surface area contributed by atoms with E-state index in [1.165, 1.54) is 7.11 Å². The van der Waals surface area contributed by atoms with Gasteiger partial charge in [-0.3, -0.25) is 9.48 Å². The predicted molar refractivity (Wildman–Crippen MR) is 53.9 cm³/mol. The maximum Gasteiger partial charge on any atom is 0.305 e. The Labute approximate surface area is 88.4 Å². The number of aromatic nitrogens is 3. The number of nitrogens with two attached hydrogens (primary N) is 1.